The molecule has 0 saturated carbocycles. The van der Waals surface area contributed by atoms with Gasteiger partial charge in [-0.1, -0.05) is 12.2 Å². The van der Waals surface area contributed by atoms with E-state index in [1.807, 2.05) is 0 Å². The van der Waals surface area contributed by atoms with E-state index in [9.17, 15) is 4.79 Å². The molecule has 0 atom stereocenters. The third-order valence-electron chi connectivity index (χ3n) is 2.03. The van der Waals surface area contributed by atoms with Crippen molar-refractivity contribution in [2.75, 3.05) is 26.0 Å². The standard InChI is InChI=1S/C10H15N5OS/c1-15(2)8(16)4-6-13-10-12-5-3-7(14-10)9(11)17/h3,5H,4,6H2,1-2H3,(H2,11,17)(H,12,13,14). The van der Waals surface area contributed by atoms with Gasteiger partial charge in [0.1, 0.15) is 10.7 Å². The SMILES string of the molecule is CN(C)C(=O)CCNc1nccc(C(N)=S)n1. The van der Waals surface area contributed by atoms with Crippen molar-refractivity contribution >= 4 is 29.1 Å². The predicted octanol–water partition coefficient (Wildman–Crippen LogP) is 0.001000. The van der Waals surface area contributed by atoms with Gasteiger partial charge < -0.3 is 16.0 Å². The van der Waals surface area contributed by atoms with Crippen LogP contribution in [0.4, 0.5) is 5.95 Å². The van der Waals surface area contributed by atoms with Gasteiger partial charge in [0, 0.05) is 33.3 Å². The summed E-state index contributed by atoms with van der Waals surface area (Å²) in [6.07, 6.45) is 1.95. The lowest BCUT2D eigenvalue weighted by Gasteiger charge is -2.10. The van der Waals surface area contributed by atoms with E-state index in [1.54, 1.807) is 26.4 Å². The van der Waals surface area contributed by atoms with Crippen LogP contribution < -0.4 is 11.1 Å². The van der Waals surface area contributed by atoms with Gasteiger partial charge >= 0.3 is 0 Å². The summed E-state index contributed by atoms with van der Waals surface area (Å²) in [5.41, 5.74) is 5.96. The second-order valence-corrected chi connectivity index (χ2v) is 4.03. The quantitative estimate of drug-likeness (QED) is 0.719. The number of carbonyl (C=O) groups excluding carboxylic acids is 1. The molecule has 1 aromatic rings. The zero-order valence-corrected chi connectivity index (χ0v) is 10.6. The summed E-state index contributed by atoms with van der Waals surface area (Å²) in [6, 6.07) is 1.64. The van der Waals surface area contributed by atoms with Crippen LogP contribution in [-0.4, -0.2) is 46.4 Å². The minimum Gasteiger partial charge on any atom is -0.388 e. The Bertz CT molecular complexity index is 421. The van der Waals surface area contributed by atoms with E-state index >= 15 is 0 Å². The van der Waals surface area contributed by atoms with Gasteiger partial charge in [-0.25, -0.2) is 9.97 Å². The first kappa shape index (κ1) is 13.3. The molecule has 1 rings (SSSR count). The first-order valence-corrected chi connectivity index (χ1v) is 5.48. The Morgan fingerprint density at radius 2 is 2.29 bits per heavy atom. The highest BCUT2D eigenvalue weighted by Crippen LogP contribution is 2.00. The van der Waals surface area contributed by atoms with Crippen molar-refractivity contribution in [3.05, 3.63) is 18.0 Å². The summed E-state index contributed by atoms with van der Waals surface area (Å²) in [7, 11) is 3.43. The molecule has 1 heterocycles. The number of hydrogen-bond acceptors (Lipinski definition) is 5. The van der Waals surface area contributed by atoms with E-state index in [2.05, 4.69) is 15.3 Å². The van der Waals surface area contributed by atoms with Crippen LogP contribution in [0.3, 0.4) is 0 Å². The van der Waals surface area contributed by atoms with Crippen LogP contribution in [0, 0.1) is 0 Å². The smallest absolute Gasteiger partial charge is 0.223 e. The second kappa shape index (κ2) is 6.09. The normalized spacial score (nSPS) is 9.76. The number of carbonyl (C=O) groups is 1. The average molecular weight is 253 g/mol. The van der Waals surface area contributed by atoms with Gasteiger partial charge in [-0.05, 0) is 6.07 Å². The fourth-order valence-corrected chi connectivity index (χ4v) is 1.20. The van der Waals surface area contributed by atoms with Gasteiger partial charge in [0.25, 0.3) is 0 Å². The van der Waals surface area contributed by atoms with Gasteiger partial charge in [-0.2, -0.15) is 0 Å². The van der Waals surface area contributed by atoms with Crippen LogP contribution in [0.1, 0.15) is 12.1 Å². The molecular formula is C10H15N5OS. The van der Waals surface area contributed by atoms with Crippen molar-refractivity contribution in [2.45, 2.75) is 6.42 Å². The maximum absolute atomic E-state index is 11.3. The Labute approximate surface area is 105 Å². The predicted molar refractivity (Wildman–Crippen MR) is 69.7 cm³/mol. The summed E-state index contributed by atoms with van der Waals surface area (Å²) in [4.78, 5) is 21.2. The minimum atomic E-state index is 0.0444. The lowest BCUT2D eigenvalue weighted by atomic mass is 10.4. The highest BCUT2D eigenvalue weighted by molar-refractivity contribution is 7.80. The Kier molecular flexibility index (Phi) is 4.77. The molecule has 0 unspecified atom stereocenters. The van der Waals surface area contributed by atoms with E-state index in [0.29, 0.717) is 24.6 Å². The van der Waals surface area contributed by atoms with Crippen LogP contribution in [0.25, 0.3) is 0 Å². The van der Waals surface area contributed by atoms with E-state index in [0.717, 1.165) is 0 Å². The average Bonchev–Trinajstić information content (AvgIpc) is 2.29. The van der Waals surface area contributed by atoms with Gasteiger partial charge in [0.2, 0.25) is 11.9 Å². The Balaban J connectivity index is 2.50. The third kappa shape index (κ3) is 4.31. The highest BCUT2D eigenvalue weighted by Gasteiger charge is 2.04. The molecule has 0 aromatic carbocycles. The van der Waals surface area contributed by atoms with Crippen molar-refractivity contribution in [2.24, 2.45) is 5.73 Å². The van der Waals surface area contributed by atoms with Crippen LogP contribution >= 0.6 is 12.2 Å². The summed E-state index contributed by atoms with van der Waals surface area (Å²) < 4.78 is 0. The van der Waals surface area contributed by atoms with Gasteiger partial charge in [0.15, 0.2) is 0 Å². The molecule has 0 bridgehead atoms. The molecule has 0 aliphatic rings. The molecule has 0 saturated heterocycles. The maximum Gasteiger partial charge on any atom is 0.223 e. The van der Waals surface area contributed by atoms with Crippen molar-refractivity contribution < 1.29 is 4.79 Å². The number of hydrogen-bond donors (Lipinski definition) is 2. The minimum absolute atomic E-state index is 0.0444. The molecule has 92 valence electrons. The Hall–Kier alpha value is -1.76. The van der Waals surface area contributed by atoms with E-state index in [4.69, 9.17) is 18.0 Å². The van der Waals surface area contributed by atoms with E-state index in [-0.39, 0.29) is 10.9 Å². The van der Waals surface area contributed by atoms with Crippen molar-refractivity contribution in [1.82, 2.24) is 14.9 Å². The van der Waals surface area contributed by atoms with Crippen LogP contribution in [-0.2, 0) is 4.79 Å². The molecule has 3 N–H and O–H groups in total. The van der Waals surface area contributed by atoms with Gasteiger partial charge in [-0.3, -0.25) is 4.79 Å². The van der Waals surface area contributed by atoms with Crippen LogP contribution in [0.5, 0.6) is 0 Å². The van der Waals surface area contributed by atoms with Crippen LogP contribution in [0.15, 0.2) is 12.3 Å². The topological polar surface area (TPSA) is 84.1 Å². The van der Waals surface area contributed by atoms with Crippen LogP contribution in [0.2, 0.25) is 0 Å². The molecule has 7 heteroatoms. The zero-order valence-electron chi connectivity index (χ0n) is 9.80. The molecule has 0 spiro atoms. The van der Waals surface area contributed by atoms with Crippen molar-refractivity contribution in [3.8, 4) is 0 Å². The Morgan fingerprint density at radius 1 is 1.59 bits per heavy atom. The number of aromatic nitrogens is 2. The number of nitrogens with one attached hydrogen (secondary N) is 1. The van der Waals surface area contributed by atoms with Gasteiger partial charge in [-0.15, -0.1) is 0 Å². The number of anilines is 1. The highest BCUT2D eigenvalue weighted by atomic mass is 32.1. The van der Waals surface area contributed by atoms with E-state index < -0.39 is 0 Å². The van der Waals surface area contributed by atoms with Crippen molar-refractivity contribution in [1.29, 1.82) is 0 Å². The lowest BCUT2D eigenvalue weighted by molar-refractivity contribution is -0.128. The zero-order chi connectivity index (χ0) is 12.8. The molecule has 0 radical (unpaired) electrons. The third-order valence-corrected chi connectivity index (χ3v) is 2.24. The second-order valence-electron chi connectivity index (χ2n) is 3.59. The molecular weight excluding hydrogens is 238 g/mol. The number of amides is 1. The molecule has 1 amide bonds. The molecule has 6 nitrogen and oxygen atoms in total. The maximum atomic E-state index is 11.3. The fourth-order valence-electron chi connectivity index (χ4n) is 1.09. The summed E-state index contributed by atoms with van der Waals surface area (Å²) in [6.45, 7) is 0.470. The summed E-state index contributed by atoms with van der Waals surface area (Å²) >= 11 is 4.81. The molecule has 0 aliphatic carbocycles. The first-order chi connectivity index (χ1) is 8.00. The lowest BCUT2D eigenvalue weighted by Crippen LogP contribution is -2.24. The monoisotopic (exact) mass is 253 g/mol. The number of nitrogens with two attached hydrogens (primary N) is 1. The number of rotatable bonds is 5. The van der Waals surface area contributed by atoms with Crippen molar-refractivity contribution in [3.63, 3.8) is 0 Å². The number of nitrogens with zero attached hydrogens (tertiary/aromatic N) is 3. The summed E-state index contributed by atoms with van der Waals surface area (Å²) in [5.74, 6) is 0.463. The Morgan fingerprint density at radius 3 is 2.88 bits per heavy atom. The fraction of sp³-hybridized carbons (Fsp3) is 0.400. The molecule has 0 fully saturated rings. The number of thiocarbonyl (C=S) groups is 1. The summed E-state index contributed by atoms with van der Waals surface area (Å²) in [5, 5.41) is 2.94. The molecule has 17 heavy (non-hydrogen) atoms. The van der Waals surface area contributed by atoms with E-state index in [1.165, 1.54) is 4.90 Å². The largest absolute Gasteiger partial charge is 0.388 e. The molecule has 1 aromatic heterocycles. The molecule has 0 aliphatic heterocycles. The first-order valence-electron chi connectivity index (χ1n) is 5.07. The van der Waals surface area contributed by atoms with Gasteiger partial charge in [0.05, 0.1) is 0 Å².